The van der Waals surface area contributed by atoms with E-state index in [1.54, 1.807) is 0 Å². The van der Waals surface area contributed by atoms with Gasteiger partial charge in [-0.05, 0) is 18.8 Å². The van der Waals surface area contributed by atoms with E-state index < -0.39 is 0 Å². The molecule has 12 heavy (non-hydrogen) atoms. The predicted molar refractivity (Wildman–Crippen MR) is 55.1 cm³/mol. The van der Waals surface area contributed by atoms with Crippen molar-refractivity contribution in [2.24, 2.45) is 11.8 Å². The van der Waals surface area contributed by atoms with Crippen LogP contribution in [0.15, 0.2) is 0 Å². The molecule has 0 aliphatic carbocycles. The molecule has 0 saturated carbocycles. The molecule has 0 aliphatic rings. The number of rotatable bonds is 7. The summed E-state index contributed by atoms with van der Waals surface area (Å²) in [5.41, 5.74) is 2.88. The SMILES string of the molecule is CCC(CC)C(CCCCl)NN. The summed E-state index contributed by atoms with van der Waals surface area (Å²) in [6.45, 7) is 4.42. The first-order valence-corrected chi connectivity index (χ1v) is 5.35. The van der Waals surface area contributed by atoms with Gasteiger partial charge in [-0.1, -0.05) is 26.7 Å². The highest BCUT2D eigenvalue weighted by Gasteiger charge is 2.15. The average Bonchev–Trinajstić information content (AvgIpc) is 2.12. The van der Waals surface area contributed by atoms with E-state index in [4.69, 9.17) is 17.4 Å². The fraction of sp³-hybridized carbons (Fsp3) is 1.00. The molecule has 3 heteroatoms. The normalized spacial score (nSPS) is 13.8. The van der Waals surface area contributed by atoms with Crippen molar-refractivity contribution in [1.29, 1.82) is 0 Å². The van der Waals surface area contributed by atoms with Crippen molar-refractivity contribution in [2.75, 3.05) is 5.88 Å². The van der Waals surface area contributed by atoms with Crippen LogP contribution in [0.5, 0.6) is 0 Å². The first kappa shape index (κ1) is 12.2. The number of halogens is 1. The molecule has 0 amide bonds. The smallest absolute Gasteiger partial charge is 0.0239 e. The highest BCUT2D eigenvalue weighted by Crippen LogP contribution is 2.16. The molecule has 0 rings (SSSR count). The molecule has 1 unspecified atom stereocenters. The number of hydrogen-bond donors (Lipinski definition) is 2. The fourth-order valence-electron chi connectivity index (χ4n) is 1.61. The maximum atomic E-state index is 5.63. The second kappa shape index (κ2) is 7.84. The van der Waals surface area contributed by atoms with Crippen LogP contribution in [-0.2, 0) is 0 Å². The Morgan fingerprint density at radius 2 is 1.92 bits per heavy atom. The lowest BCUT2D eigenvalue weighted by Crippen LogP contribution is -2.40. The second-order valence-corrected chi connectivity index (χ2v) is 3.56. The highest BCUT2D eigenvalue weighted by molar-refractivity contribution is 6.17. The largest absolute Gasteiger partial charge is 0.271 e. The Morgan fingerprint density at radius 1 is 1.33 bits per heavy atom. The minimum Gasteiger partial charge on any atom is -0.271 e. The molecule has 0 fully saturated rings. The zero-order valence-corrected chi connectivity index (χ0v) is 8.90. The van der Waals surface area contributed by atoms with Gasteiger partial charge in [-0.2, -0.15) is 0 Å². The molecule has 0 spiro atoms. The van der Waals surface area contributed by atoms with Crippen molar-refractivity contribution >= 4 is 11.6 Å². The van der Waals surface area contributed by atoms with E-state index in [-0.39, 0.29) is 0 Å². The minimum absolute atomic E-state index is 0.443. The Bertz CT molecular complexity index is 94.5. The zero-order valence-electron chi connectivity index (χ0n) is 8.15. The summed E-state index contributed by atoms with van der Waals surface area (Å²) in [5, 5.41) is 0. The van der Waals surface area contributed by atoms with Crippen LogP contribution in [0.3, 0.4) is 0 Å². The van der Waals surface area contributed by atoms with Gasteiger partial charge >= 0.3 is 0 Å². The third-order valence-electron chi connectivity index (χ3n) is 2.48. The third kappa shape index (κ3) is 4.29. The average molecular weight is 193 g/mol. The van der Waals surface area contributed by atoms with Gasteiger partial charge in [-0.3, -0.25) is 11.3 Å². The van der Waals surface area contributed by atoms with Crippen LogP contribution in [0.2, 0.25) is 0 Å². The molecule has 0 aromatic rings. The molecule has 74 valence electrons. The van der Waals surface area contributed by atoms with E-state index >= 15 is 0 Å². The van der Waals surface area contributed by atoms with Gasteiger partial charge in [0, 0.05) is 11.9 Å². The van der Waals surface area contributed by atoms with Crippen molar-refractivity contribution in [3.05, 3.63) is 0 Å². The molecule has 0 radical (unpaired) electrons. The topological polar surface area (TPSA) is 38.0 Å². The van der Waals surface area contributed by atoms with E-state index in [0.717, 1.165) is 18.7 Å². The molecule has 0 aromatic carbocycles. The van der Waals surface area contributed by atoms with E-state index in [9.17, 15) is 0 Å². The monoisotopic (exact) mass is 192 g/mol. The molecular weight excluding hydrogens is 172 g/mol. The van der Waals surface area contributed by atoms with E-state index in [1.165, 1.54) is 12.8 Å². The molecule has 2 nitrogen and oxygen atoms in total. The Balaban J connectivity index is 3.75. The van der Waals surface area contributed by atoms with Gasteiger partial charge < -0.3 is 0 Å². The zero-order chi connectivity index (χ0) is 9.40. The van der Waals surface area contributed by atoms with E-state index in [2.05, 4.69) is 19.3 Å². The predicted octanol–water partition coefficient (Wildman–Crippen LogP) is 2.27. The van der Waals surface area contributed by atoms with Gasteiger partial charge in [0.05, 0.1) is 0 Å². The quantitative estimate of drug-likeness (QED) is 0.369. The second-order valence-electron chi connectivity index (χ2n) is 3.18. The minimum atomic E-state index is 0.443. The standard InChI is InChI=1S/C9H21ClN2/c1-3-8(4-2)9(12-11)6-5-7-10/h8-9,12H,3-7,11H2,1-2H3. The van der Waals surface area contributed by atoms with E-state index in [0.29, 0.717) is 12.0 Å². The van der Waals surface area contributed by atoms with Gasteiger partial charge in [0.15, 0.2) is 0 Å². The summed E-state index contributed by atoms with van der Waals surface area (Å²) in [6, 6.07) is 0.443. The Morgan fingerprint density at radius 3 is 2.25 bits per heavy atom. The Kier molecular flexibility index (Phi) is 7.98. The van der Waals surface area contributed by atoms with Gasteiger partial charge in [0.2, 0.25) is 0 Å². The van der Waals surface area contributed by atoms with Crippen molar-refractivity contribution in [2.45, 2.75) is 45.6 Å². The van der Waals surface area contributed by atoms with Crippen molar-refractivity contribution in [3.63, 3.8) is 0 Å². The lowest BCUT2D eigenvalue weighted by molar-refractivity contribution is 0.320. The number of hydrogen-bond acceptors (Lipinski definition) is 2. The molecule has 0 saturated heterocycles. The van der Waals surface area contributed by atoms with Crippen LogP contribution >= 0.6 is 11.6 Å². The molecule has 0 aliphatic heterocycles. The fourth-order valence-corrected chi connectivity index (χ4v) is 1.76. The number of hydrazine groups is 1. The number of alkyl halides is 1. The van der Waals surface area contributed by atoms with Crippen LogP contribution in [0.25, 0.3) is 0 Å². The van der Waals surface area contributed by atoms with Crippen LogP contribution in [-0.4, -0.2) is 11.9 Å². The van der Waals surface area contributed by atoms with Gasteiger partial charge in [-0.15, -0.1) is 11.6 Å². The summed E-state index contributed by atoms with van der Waals surface area (Å²) < 4.78 is 0. The summed E-state index contributed by atoms with van der Waals surface area (Å²) >= 11 is 5.63. The lowest BCUT2D eigenvalue weighted by Gasteiger charge is -2.24. The third-order valence-corrected chi connectivity index (χ3v) is 2.75. The van der Waals surface area contributed by atoms with E-state index in [1.807, 2.05) is 0 Å². The molecule has 0 heterocycles. The summed E-state index contributed by atoms with van der Waals surface area (Å²) in [7, 11) is 0. The molecule has 0 bridgehead atoms. The van der Waals surface area contributed by atoms with Gasteiger partial charge in [0.25, 0.3) is 0 Å². The molecule has 0 aromatic heterocycles. The first-order valence-electron chi connectivity index (χ1n) is 4.82. The maximum absolute atomic E-state index is 5.63. The number of nitrogens with one attached hydrogen (secondary N) is 1. The van der Waals surface area contributed by atoms with Crippen LogP contribution in [0.1, 0.15) is 39.5 Å². The summed E-state index contributed by atoms with van der Waals surface area (Å²) in [6.07, 6.45) is 4.51. The molecular formula is C9H21ClN2. The lowest BCUT2D eigenvalue weighted by atomic mass is 9.92. The van der Waals surface area contributed by atoms with Gasteiger partial charge in [-0.25, -0.2) is 0 Å². The van der Waals surface area contributed by atoms with Crippen molar-refractivity contribution in [3.8, 4) is 0 Å². The van der Waals surface area contributed by atoms with Crippen molar-refractivity contribution in [1.82, 2.24) is 5.43 Å². The van der Waals surface area contributed by atoms with Gasteiger partial charge in [0.1, 0.15) is 0 Å². The summed E-state index contributed by atoms with van der Waals surface area (Å²) in [5.74, 6) is 6.90. The first-order chi connectivity index (χ1) is 5.79. The maximum Gasteiger partial charge on any atom is 0.0239 e. The molecule has 3 N–H and O–H groups in total. The number of nitrogens with two attached hydrogens (primary N) is 1. The van der Waals surface area contributed by atoms with Crippen LogP contribution in [0, 0.1) is 5.92 Å². The van der Waals surface area contributed by atoms with Crippen LogP contribution in [0.4, 0.5) is 0 Å². The Hall–Kier alpha value is 0.210. The van der Waals surface area contributed by atoms with Crippen molar-refractivity contribution < 1.29 is 0 Å². The highest BCUT2D eigenvalue weighted by atomic mass is 35.5. The van der Waals surface area contributed by atoms with Crippen LogP contribution < -0.4 is 11.3 Å². The Labute approximate surface area is 80.8 Å². The molecule has 1 atom stereocenters. The summed E-state index contributed by atoms with van der Waals surface area (Å²) in [4.78, 5) is 0.